The van der Waals surface area contributed by atoms with E-state index in [1.165, 1.54) is 11.1 Å². The normalized spacial score (nSPS) is 11.6. The van der Waals surface area contributed by atoms with Crippen molar-refractivity contribution in [1.82, 2.24) is 4.98 Å². The van der Waals surface area contributed by atoms with Crippen LogP contribution >= 0.6 is 11.3 Å². The lowest BCUT2D eigenvalue weighted by Crippen LogP contribution is -2.09. The third kappa shape index (κ3) is 4.50. The molecule has 0 fully saturated rings. The summed E-state index contributed by atoms with van der Waals surface area (Å²) in [6.45, 7) is 0. The highest BCUT2D eigenvalue weighted by Gasteiger charge is 2.12. The third-order valence-electron chi connectivity index (χ3n) is 5.74. The maximum atomic E-state index is 6.19. The number of thiazole rings is 1. The van der Waals surface area contributed by atoms with Gasteiger partial charge in [-0.3, -0.25) is 5.43 Å². The van der Waals surface area contributed by atoms with Crippen molar-refractivity contribution in [3.8, 4) is 33.0 Å². The fourth-order valence-electron chi connectivity index (χ4n) is 3.93. The molecule has 2 heterocycles. The molecule has 0 amide bonds. The van der Waals surface area contributed by atoms with Gasteiger partial charge >= 0.3 is 0 Å². The lowest BCUT2D eigenvalue weighted by molar-refractivity contribution is 0.543. The van der Waals surface area contributed by atoms with E-state index in [1.54, 1.807) is 11.3 Å². The number of para-hydroxylation sites is 2. The molecule has 0 aliphatic carbocycles. The van der Waals surface area contributed by atoms with Gasteiger partial charge in [-0.2, -0.15) is 0 Å². The first-order chi connectivity index (χ1) is 17.3. The summed E-state index contributed by atoms with van der Waals surface area (Å²) in [5, 5.41) is 8.52. The molecule has 168 valence electrons. The molecule has 0 atom stereocenters. The van der Waals surface area contributed by atoms with Crippen LogP contribution in [0, 0.1) is 0 Å². The van der Waals surface area contributed by atoms with Gasteiger partial charge in [0.05, 0.1) is 16.9 Å². The quantitative estimate of drug-likeness (QED) is 0.261. The standard InChI is InChI=1S/C30H21N3OS/c1-3-9-21(10-4-1)22-15-17-23(18-16-22)27-20-35-30(31-27)26-19-24-11-7-8-14-28(24)34-29(26)33-32-25-12-5-2-6-13-25/h1-20,32H. The number of hydrogen-bond donors (Lipinski definition) is 1. The number of anilines is 1. The second-order valence-electron chi connectivity index (χ2n) is 8.07. The van der Waals surface area contributed by atoms with E-state index in [4.69, 9.17) is 9.40 Å². The Morgan fingerprint density at radius 2 is 1.34 bits per heavy atom. The molecule has 2 aromatic heterocycles. The summed E-state index contributed by atoms with van der Waals surface area (Å²) in [5.41, 5.74) is 10.5. The smallest absolute Gasteiger partial charge is 0.246 e. The highest BCUT2D eigenvalue weighted by Crippen LogP contribution is 2.30. The van der Waals surface area contributed by atoms with Gasteiger partial charge in [-0.1, -0.05) is 91.0 Å². The summed E-state index contributed by atoms with van der Waals surface area (Å²) >= 11 is 1.58. The van der Waals surface area contributed by atoms with E-state index >= 15 is 0 Å². The first kappa shape index (κ1) is 21.1. The molecule has 4 nitrogen and oxygen atoms in total. The maximum absolute atomic E-state index is 6.19. The average Bonchev–Trinajstić information content (AvgIpc) is 3.43. The van der Waals surface area contributed by atoms with Crippen LogP contribution in [0.15, 0.2) is 130 Å². The van der Waals surface area contributed by atoms with Gasteiger partial charge < -0.3 is 4.42 Å². The minimum atomic E-state index is 0.493. The molecule has 1 N–H and O–H groups in total. The Hall–Kier alpha value is -4.48. The van der Waals surface area contributed by atoms with Crippen LogP contribution in [0.1, 0.15) is 0 Å². The van der Waals surface area contributed by atoms with E-state index < -0.39 is 0 Å². The van der Waals surface area contributed by atoms with E-state index in [0.29, 0.717) is 5.55 Å². The SMILES string of the molecule is c1ccc(NN=c2oc3ccccc3cc2-c2nc(-c3ccc(-c4ccccc4)cc3)cs2)cc1. The second-order valence-corrected chi connectivity index (χ2v) is 8.93. The highest BCUT2D eigenvalue weighted by atomic mass is 32.1. The summed E-state index contributed by atoms with van der Waals surface area (Å²) < 4.78 is 6.19. The molecule has 0 aliphatic rings. The predicted octanol–water partition coefficient (Wildman–Crippen LogP) is 7.82. The fourth-order valence-corrected chi connectivity index (χ4v) is 4.76. The molecule has 0 bridgehead atoms. The molecular formula is C30H21N3OS. The molecule has 0 saturated carbocycles. The maximum Gasteiger partial charge on any atom is 0.246 e. The number of hydrogen-bond acceptors (Lipinski definition) is 5. The molecule has 0 aliphatic heterocycles. The lowest BCUT2D eigenvalue weighted by Gasteiger charge is -2.04. The zero-order chi connectivity index (χ0) is 23.5. The van der Waals surface area contributed by atoms with E-state index in [0.717, 1.165) is 38.5 Å². The van der Waals surface area contributed by atoms with Crippen molar-refractivity contribution in [2.75, 3.05) is 5.43 Å². The van der Waals surface area contributed by atoms with Crippen LogP contribution in [-0.4, -0.2) is 4.98 Å². The zero-order valence-electron chi connectivity index (χ0n) is 18.8. The molecule has 0 saturated heterocycles. The fraction of sp³-hybridized carbons (Fsp3) is 0. The van der Waals surface area contributed by atoms with Crippen molar-refractivity contribution in [2.24, 2.45) is 5.10 Å². The van der Waals surface area contributed by atoms with Crippen molar-refractivity contribution < 1.29 is 4.42 Å². The van der Waals surface area contributed by atoms with Gasteiger partial charge in [0.15, 0.2) is 0 Å². The van der Waals surface area contributed by atoms with E-state index in [9.17, 15) is 0 Å². The highest BCUT2D eigenvalue weighted by molar-refractivity contribution is 7.13. The molecule has 6 aromatic rings. The molecule has 35 heavy (non-hydrogen) atoms. The van der Waals surface area contributed by atoms with Crippen LogP contribution in [-0.2, 0) is 0 Å². The molecular weight excluding hydrogens is 450 g/mol. The number of nitrogens with one attached hydrogen (secondary N) is 1. The van der Waals surface area contributed by atoms with Gasteiger partial charge in [0.1, 0.15) is 10.6 Å². The Morgan fingerprint density at radius 3 is 2.14 bits per heavy atom. The van der Waals surface area contributed by atoms with E-state index in [1.807, 2.05) is 60.7 Å². The first-order valence-electron chi connectivity index (χ1n) is 11.3. The third-order valence-corrected chi connectivity index (χ3v) is 6.61. The van der Waals surface area contributed by atoms with Crippen molar-refractivity contribution in [2.45, 2.75) is 0 Å². The Labute approximate surface area is 206 Å². The van der Waals surface area contributed by atoms with Crippen LogP contribution < -0.4 is 11.0 Å². The number of benzene rings is 4. The monoisotopic (exact) mass is 471 g/mol. The Morgan fingerprint density at radius 1 is 0.686 bits per heavy atom. The zero-order valence-corrected chi connectivity index (χ0v) is 19.6. The van der Waals surface area contributed by atoms with Crippen molar-refractivity contribution >= 4 is 28.0 Å². The predicted molar refractivity (Wildman–Crippen MR) is 144 cm³/mol. The molecule has 0 unspecified atom stereocenters. The van der Waals surface area contributed by atoms with Crippen LogP contribution in [0.5, 0.6) is 0 Å². The summed E-state index contributed by atoms with van der Waals surface area (Å²) in [7, 11) is 0. The van der Waals surface area contributed by atoms with Gasteiger partial charge in [0, 0.05) is 16.3 Å². The topological polar surface area (TPSA) is 50.4 Å². The summed E-state index contributed by atoms with van der Waals surface area (Å²) in [5.74, 6) is 0. The van der Waals surface area contributed by atoms with Gasteiger partial charge in [-0.05, 0) is 35.4 Å². The lowest BCUT2D eigenvalue weighted by atomic mass is 10.0. The van der Waals surface area contributed by atoms with Crippen LogP contribution in [0.4, 0.5) is 5.69 Å². The van der Waals surface area contributed by atoms with Gasteiger partial charge in [-0.25, -0.2) is 4.98 Å². The minimum Gasteiger partial charge on any atom is -0.436 e. The number of rotatable bonds is 5. The van der Waals surface area contributed by atoms with Crippen molar-refractivity contribution in [1.29, 1.82) is 0 Å². The molecule has 5 heteroatoms. The van der Waals surface area contributed by atoms with Crippen LogP contribution in [0.3, 0.4) is 0 Å². The van der Waals surface area contributed by atoms with Gasteiger partial charge in [-0.15, -0.1) is 16.4 Å². The number of aromatic nitrogens is 1. The largest absolute Gasteiger partial charge is 0.436 e. The summed E-state index contributed by atoms with van der Waals surface area (Å²) in [6, 6.07) is 38.8. The van der Waals surface area contributed by atoms with Gasteiger partial charge in [0.2, 0.25) is 5.55 Å². The molecule has 4 aromatic carbocycles. The summed E-state index contributed by atoms with van der Waals surface area (Å²) in [6.07, 6.45) is 0. The second kappa shape index (κ2) is 9.41. The van der Waals surface area contributed by atoms with Crippen molar-refractivity contribution in [3.63, 3.8) is 0 Å². The Bertz CT molecular complexity index is 1650. The number of nitrogens with zero attached hydrogens (tertiary/aromatic N) is 2. The van der Waals surface area contributed by atoms with Crippen molar-refractivity contribution in [3.05, 3.63) is 126 Å². The van der Waals surface area contributed by atoms with E-state index in [2.05, 4.69) is 70.5 Å². The minimum absolute atomic E-state index is 0.493. The van der Waals surface area contributed by atoms with Crippen LogP contribution in [0.2, 0.25) is 0 Å². The average molecular weight is 472 g/mol. The Kier molecular flexibility index (Phi) is 5.67. The molecule has 0 spiro atoms. The summed E-state index contributed by atoms with van der Waals surface area (Å²) in [4.78, 5) is 4.95. The first-order valence-corrected chi connectivity index (χ1v) is 12.2. The Balaban J connectivity index is 1.38. The van der Waals surface area contributed by atoms with Crippen LogP contribution in [0.25, 0.3) is 43.9 Å². The molecule has 6 rings (SSSR count). The van der Waals surface area contributed by atoms with Gasteiger partial charge in [0.25, 0.3) is 0 Å². The van der Waals surface area contributed by atoms with E-state index in [-0.39, 0.29) is 0 Å². The number of fused-ring (bicyclic) bond motifs is 1. The molecule has 0 radical (unpaired) electrons.